The van der Waals surface area contributed by atoms with E-state index in [2.05, 4.69) is 25.3 Å². The third-order valence-corrected chi connectivity index (χ3v) is 6.29. The molecule has 0 amide bonds. The first kappa shape index (κ1) is 20.2. The number of anilines is 3. The van der Waals surface area contributed by atoms with Crippen LogP contribution < -0.4 is 15.1 Å². The Balaban J connectivity index is 1.26. The summed E-state index contributed by atoms with van der Waals surface area (Å²) in [6.45, 7) is 2.44. The fourth-order valence-corrected chi connectivity index (χ4v) is 4.50. The van der Waals surface area contributed by atoms with Gasteiger partial charge in [0.1, 0.15) is 5.15 Å². The van der Waals surface area contributed by atoms with E-state index in [1.807, 2.05) is 35.4 Å². The molecule has 0 aliphatic carbocycles. The number of nitrogens with zero attached hydrogens (tertiary/aromatic N) is 6. The number of alkyl halides is 2. The predicted molar refractivity (Wildman–Crippen MR) is 117 cm³/mol. The monoisotopic (exact) mass is 447 g/mol. The van der Waals surface area contributed by atoms with Crippen LogP contribution in [0.4, 0.5) is 26.1 Å². The van der Waals surface area contributed by atoms with Crippen LogP contribution in [0.25, 0.3) is 5.65 Å². The lowest BCUT2D eigenvalue weighted by Crippen LogP contribution is -2.39. The normalized spacial score (nSPS) is 19.7. The van der Waals surface area contributed by atoms with E-state index in [0.29, 0.717) is 29.8 Å². The maximum atomic E-state index is 13.5. The zero-order valence-electron chi connectivity index (χ0n) is 17.0. The van der Waals surface area contributed by atoms with Crippen molar-refractivity contribution in [2.45, 2.75) is 37.6 Å². The van der Waals surface area contributed by atoms with Gasteiger partial charge in [-0.1, -0.05) is 11.6 Å². The lowest BCUT2D eigenvalue weighted by atomic mass is 10.0. The van der Waals surface area contributed by atoms with E-state index >= 15 is 0 Å². The van der Waals surface area contributed by atoms with Crippen molar-refractivity contribution in [1.29, 1.82) is 0 Å². The molecule has 0 aromatic carbocycles. The van der Waals surface area contributed by atoms with Gasteiger partial charge in [0.05, 0.1) is 5.69 Å². The zero-order valence-corrected chi connectivity index (χ0v) is 17.8. The Morgan fingerprint density at radius 3 is 2.58 bits per heavy atom. The van der Waals surface area contributed by atoms with Crippen molar-refractivity contribution in [3.8, 4) is 0 Å². The fourth-order valence-electron chi connectivity index (χ4n) is 4.33. The Labute approximate surface area is 184 Å². The van der Waals surface area contributed by atoms with Gasteiger partial charge in [-0.3, -0.25) is 0 Å². The third kappa shape index (κ3) is 4.37. The molecular weight excluding hydrogens is 424 g/mol. The average Bonchev–Trinajstić information content (AvgIpc) is 3.17. The second-order valence-corrected chi connectivity index (χ2v) is 8.57. The Morgan fingerprint density at radius 1 is 1.06 bits per heavy atom. The van der Waals surface area contributed by atoms with Crippen LogP contribution in [0.2, 0.25) is 5.15 Å². The average molecular weight is 448 g/mol. The third-order valence-electron chi connectivity index (χ3n) is 6.08. The van der Waals surface area contributed by atoms with Crippen LogP contribution in [-0.4, -0.2) is 57.7 Å². The molecule has 1 N–H and O–H groups in total. The molecule has 0 radical (unpaired) electrons. The van der Waals surface area contributed by atoms with Crippen molar-refractivity contribution in [2.24, 2.45) is 0 Å². The number of pyridine rings is 2. The van der Waals surface area contributed by atoms with E-state index < -0.39 is 5.92 Å². The van der Waals surface area contributed by atoms with Gasteiger partial charge in [0.2, 0.25) is 5.95 Å². The fraction of sp³-hybridized carbons (Fsp3) is 0.476. The maximum absolute atomic E-state index is 13.5. The lowest BCUT2D eigenvalue weighted by molar-refractivity contribution is -0.0220. The summed E-state index contributed by atoms with van der Waals surface area (Å²) < 4.78 is 28.8. The molecule has 31 heavy (non-hydrogen) atoms. The highest BCUT2D eigenvalue weighted by Gasteiger charge is 2.34. The molecule has 0 spiro atoms. The summed E-state index contributed by atoms with van der Waals surface area (Å²) in [4.78, 5) is 13.0. The largest absolute Gasteiger partial charge is 0.371 e. The standard InChI is InChI=1S/C21H24ClF2N7/c22-18-14-16(3-8-25-18)29-10-4-15(5-11-29)26-20-27-19-17(2-1-9-31(19)28-20)30-12-6-21(23,24)7-13-30/h1-3,8-9,14-15H,4-7,10-13H2,(H,26,28). The molecule has 3 aromatic heterocycles. The summed E-state index contributed by atoms with van der Waals surface area (Å²) in [6.07, 6.45) is 5.20. The molecular formula is C21H24ClF2N7. The van der Waals surface area contributed by atoms with E-state index in [1.54, 1.807) is 10.7 Å². The van der Waals surface area contributed by atoms with Crippen molar-refractivity contribution in [1.82, 2.24) is 19.6 Å². The molecule has 2 aliphatic rings. The van der Waals surface area contributed by atoms with E-state index in [-0.39, 0.29) is 18.9 Å². The Morgan fingerprint density at radius 2 is 1.84 bits per heavy atom. The van der Waals surface area contributed by atoms with Gasteiger partial charge in [-0.15, -0.1) is 5.10 Å². The summed E-state index contributed by atoms with van der Waals surface area (Å²) >= 11 is 6.01. The van der Waals surface area contributed by atoms with E-state index in [0.717, 1.165) is 37.3 Å². The SMILES string of the molecule is FC1(F)CCN(c2cccn3nc(NC4CCN(c5ccnc(Cl)c5)CC4)nc23)CC1. The molecule has 0 atom stereocenters. The number of hydrogen-bond donors (Lipinski definition) is 1. The number of piperidine rings is 2. The predicted octanol–water partition coefficient (Wildman–Crippen LogP) is 4.09. The van der Waals surface area contributed by atoms with E-state index in [1.165, 1.54) is 0 Å². The van der Waals surface area contributed by atoms with Crippen molar-refractivity contribution in [3.63, 3.8) is 0 Å². The van der Waals surface area contributed by atoms with Crippen molar-refractivity contribution >= 4 is 34.6 Å². The molecule has 2 aliphatic heterocycles. The van der Waals surface area contributed by atoms with Crippen LogP contribution in [0.3, 0.4) is 0 Å². The van der Waals surface area contributed by atoms with Gasteiger partial charge in [0.25, 0.3) is 5.92 Å². The van der Waals surface area contributed by atoms with Gasteiger partial charge in [0.15, 0.2) is 5.65 Å². The molecule has 3 aromatic rings. The second kappa shape index (κ2) is 8.11. The minimum atomic E-state index is -2.57. The summed E-state index contributed by atoms with van der Waals surface area (Å²) in [5.74, 6) is -2.00. The van der Waals surface area contributed by atoms with Crippen LogP contribution in [0, 0.1) is 0 Å². The Kier molecular flexibility index (Phi) is 5.29. The maximum Gasteiger partial charge on any atom is 0.251 e. The van der Waals surface area contributed by atoms with E-state index in [9.17, 15) is 8.78 Å². The van der Waals surface area contributed by atoms with Gasteiger partial charge >= 0.3 is 0 Å². The smallest absolute Gasteiger partial charge is 0.251 e. The van der Waals surface area contributed by atoms with Crippen LogP contribution in [-0.2, 0) is 0 Å². The molecule has 0 bridgehead atoms. The highest BCUT2D eigenvalue weighted by atomic mass is 35.5. The topological polar surface area (TPSA) is 61.6 Å². The number of nitrogens with one attached hydrogen (secondary N) is 1. The number of fused-ring (bicyclic) bond motifs is 1. The van der Waals surface area contributed by atoms with Gasteiger partial charge < -0.3 is 15.1 Å². The molecule has 0 saturated carbocycles. The number of rotatable bonds is 4. The number of hydrogen-bond acceptors (Lipinski definition) is 6. The van der Waals surface area contributed by atoms with Crippen LogP contribution in [0.1, 0.15) is 25.7 Å². The molecule has 5 rings (SSSR count). The summed E-state index contributed by atoms with van der Waals surface area (Å²) in [5, 5.41) is 8.51. The van der Waals surface area contributed by atoms with E-state index in [4.69, 9.17) is 11.6 Å². The van der Waals surface area contributed by atoms with Crippen LogP contribution in [0.15, 0.2) is 36.7 Å². The highest BCUT2D eigenvalue weighted by molar-refractivity contribution is 6.29. The first-order valence-electron chi connectivity index (χ1n) is 10.6. The zero-order chi connectivity index (χ0) is 21.4. The summed E-state index contributed by atoms with van der Waals surface area (Å²) in [7, 11) is 0. The number of halogens is 3. The highest BCUT2D eigenvalue weighted by Crippen LogP contribution is 2.32. The lowest BCUT2D eigenvalue weighted by Gasteiger charge is -2.33. The first-order chi connectivity index (χ1) is 15.0. The molecule has 164 valence electrons. The Bertz CT molecular complexity index is 1050. The summed E-state index contributed by atoms with van der Waals surface area (Å²) in [5.41, 5.74) is 2.63. The van der Waals surface area contributed by atoms with Crippen LogP contribution >= 0.6 is 11.6 Å². The molecule has 7 nitrogen and oxygen atoms in total. The van der Waals surface area contributed by atoms with Gasteiger partial charge in [-0.25, -0.2) is 18.3 Å². The molecule has 0 unspecified atom stereocenters. The second-order valence-electron chi connectivity index (χ2n) is 8.18. The minimum Gasteiger partial charge on any atom is -0.371 e. The van der Waals surface area contributed by atoms with Crippen molar-refractivity contribution in [2.75, 3.05) is 41.3 Å². The minimum absolute atomic E-state index is 0.130. The quantitative estimate of drug-likeness (QED) is 0.608. The van der Waals surface area contributed by atoms with Crippen LogP contribution in [0.5, 0.6) is 0 Å². The van der Waals surface area contributed by atoms with Gasteiger partial charge in [0, 0.05) is 63.1 Å². The molecule has 2 saturated heterocycles. The van der Waals surface area contributed by atoms with Gasteiger partial charge in [-0.05, 0) is 37.1 Å². The van der Waals surface area contributed by atoms with Crippen molar-refractivity contribution in [3.05, 3.63) is 41.8 Å². The van der Waals surface area contributed by atoms with Crippen molar-refractivity contribution < 1.29 is 8.78 Å². The molecule has 10 heteroatoms. The number of aromatic nitrogens is 4. The Hall–Kier alpha value is -2.68. The molecule has 2 fully saturated rings. The van der Waals surface area contributed by atoms with Gasteiger partial charge in [-0.2, -0.15) is 4.98 Å². The first-order valence-corrected chi connectivity index (χ1v) is 11.0. The molecule has 5 heterocycles. The summed E-state index contributed by atoms with van der Waals surface area (Å²) in [6, 6.07) is 7.93.